The number of aromatic amines is 1. The fourth-order valence-corrected chi connectivity index (χ4v) is 1.32. The molecule has 0 bridgehead atoms. The average molecular weight is 208 g/mol. The monoisotopic (exact) mass is 208 g/mol. The third-order valence-electron chi connectivity index (χ3n) is 1.96. The van der Waals surface area contributed by atoms with Crippen LogP contribution in [0.1, 0.15) is 23.8 Å². The summed E-state index contributed by atoms with van der Waals surface area (Å²) in [6.45, 7) is 6.87. The number of H-pyrrole nitrogens is 1. The maximum absolute atomic E-state index is 11.9. The summed E-state index contributed by atoms with van der Waals surface area (Å²) in [4.78, 5) is 13.6. The fourth-order valence-electron chi connectivity index (χ4n) is 1.32. The summed E-state index contributed by atoms with van der Waals surface area (Å²) in [7, 11) is 0. The van der Waals surface area contributed by atoms with Gasteiger partial charge >= 0.3 is 0 Å². The lowest BCUT2D eigenvalue weighted by Crippen LogP contribution is -2.32. The zero-order valence-electron chi connectivity index (χ0n) is 8.86. The Hall–Kier alpha value is -1.78. The molecule has 3 N–H and O–H groups in total. The molecule has 1 aromatic rings. The lowest BCUT2D eigenvalue weighted by molar-refractivity contribution is 0.0768. The molecule has 1 aromatic heterocycles. The van der Waals surface area contributed by atoms with E-state index in [1.165, 1.54) is 6.07 Å². The normalized spacial score (nSPS) is 9.93. The quantitative estimate of drug-likeness (QED) is 0.710. The van der Waals surface area contributed by atoms with Crippen molar-refractivity contribution in [2.45, 2.75) is 13.3 Å². The molecule has 1 heterocycles. The molecular formula is C10H16N4O. The van der Waals surface area contributed by atoms with E-state index in [1.54, 1.807) is 11.0 Å². The number of aromatic nitrogens is 2. The van der Waals surface area contributed by atoms with E-state index in [4.69, 9.17) is 5.73 Å². The average Bonchev–Trinajstić information content (AvgIpc) is 2.63. The Kier molecular flexibility index (Phi) is 3.91. The van der Waals surface area contributed by atoms with Crippen molar-refractivity contribution in [2.75, 3.05) is 18.8 Å². The van der Waals surface area contributed by atoms with E-state index >= 15 is 0 Å². The first-order valence-electron chi connectivity index (χ1n) is 4.90. The Bertz CT molecular complexity index is 345. The summed E-state index contributed by atoms with van der Waals surface area (Å²) in [5.41, 5.74) is 5.85. The van der Waals surface area contributed by atoms with Crippen molar-refractivity contribution in [1.82, 2.24) is 15.1 Å². The van der Waals surface area contributed by atoms with Gasteiger partial charge in [0.15, 0.2) is 0 Å². The number of nitrogens with one attached hydrogen (secondary N) is 1. The second-order valence-corrected chi connectivity index (χ2v) is 3.25. The van der Waals surface area contributed by atoms with Crippen LogP contribution < -0.4 is 5.73 Å². The minimum absolute atomic E-state index is 0.0963. The SMILES string of the molecule is C=CCN(CCC)C(=O)c1cc(N)n[nH]1. The molecule has 5 nitrogen and oxygen atoms in total. The number of carbonyl (C=O) groups is 1. The second-order valence-electron chi connectivity index (χ2n) is 3.25. The highest BCUT2D eigenvalue weighted by Gasteiger charge is 2.15. The molecule has 5 heteroatoms. The van der Waals surface area contributed by atoms with Crippen molar-refractivity contribution in [3.05, 3.63) is 24.4 Å². The van der Waals surface area contributed by atoms with Crippen LogP contribution >= 0.6 is 0 Å². The van der Waals surface area contributed by atoms with Gasteiger partial charge in [0.05, 0.1) is 0 Å². The van der Waals surface area contributed by atoms with Gasteiger partial charge in [0.2, 0.25) is 0 Å². The number of rotatable bonds is 5. The molecular weight excluding hydrogens is 192 g/mol. The van der Waals surface area contributed by atoms with E-state index < -0.39 is 0 Å². The molecule has 0 atom stereocenters. The summed E-state index contributed by atoms with van der Waals surface area (Å²) < 4.78 is 0. The van der Waals surface area contributed by atoms with Crippen LogP contribution in [0.3, 0.4) is 0 Å². The summed E-state index contributed by atoms with van der Waals surface area (Å²) in [5.74, 6) is 0.231. The molecule has 82 valence electrons. The molecule has 0 spiro atoms. The number of amides is 1. The van der Waals surface area contributed by atoms with Crippen molar-refractivity contribution >= 4 is 11.7 Å². The number of nitrogen functional groups attached to an aromatic ring is 1. The number of nitrogens with two attached hydrogens (primary N) is 1. The highest BCUT2D eigenvalue weighted by molar-refractivity contribution is 5.93. The van der Waals surface area contributed by atoms with Crippen LogP contribution in [-0.4, -0.2) is 34.1 Å². The van der Waals surface area contributed by atoms with Gasteiger partial charge in [0, 0.05) is 19.2 Å². The Balaban J connectivity index is 2.75. The van der Waals surface area contributed by atoms with Crippen LogP contribution in [-0.2, 0) is 0 Å². The minimum atomic E-state index is -0.0963. The lowest BCUT2D eigenvalue weighted by Gasteiger charge is -2.19. The van der Waals surface area contributed by atoms with Gasteiger partial charge in [-0.15, -0.1) is 6.58 Å². The Morgan fingerprint density at radius 2 is 2.53 bits per heavy atom. The van der Waals surface area contributed by atoms with Gasteiger partial charge in [-0.25, -0.2) is 0 Å². The van der Waals surface area contributed by atoms with Crippen molar-refractivity contribution in [1.29, 1.82) is 0 Å². The third-order valence-corrected chi connectivity index (χ3v) is 1.96. The molecule has 0 aromatic carbocycles. The third kappa shape index (κ3) is 2.83. The summed E-state index contributed by atoms with van der Waals surface area (Å²) in [6.07, 6.45) is 2.61. The molecule has 0 saturated heterocycles. The van der Waals surface area contributed by atoms with E-state index in [1.807, 2.05) is 6.92 Å². The first-order valence-corrected chi connectivity index (χ1v) is 4.90. The lowest BCUT2D eigenvalue weighted by atomic mass is 10.3. The molecule has 0 fully saturated rings. The number of nitrogens with zero attached hydrogens (tertiary/aromatic N) is 2. The second kappa shape index (κ2) is 5.19. The van der Waals surface area contributed by atoms with Crippen LogP contribution in [0.5, 0.6) is 0 Å². The number of anilines is 1. The maximum Gasteiger partial charge on any atom is 0.272 e. The number of hydrogen-bond acceptors (Lipinski definition) is 3. The first-order chi connectivity index (χ1) is 7.19. The van der Waals surface area contributed by atoms with Crippen molar-refractivity contribution < 1.29 is 4.79 Å². The van der Waals surface area contributed by atoms with Crippen LogP contribution in [0.15, 0.2) is 18.7 Å². The van der Waals surface area contributed by atoms with Crippen LogP contribution in [0.25, 0.3) is 0 Å². The van der Waals surface area contributed by atoms with Crippen LogP contribution in [0.2, 0.25) is 0 Å². The van der Waals surface area contributed by atoms with E-state index in [2.05, 4.69) is 16.8 Å². The summed E-state index contributed by atoms with van der Waals surface area (Å²) in [5, 5.41) is 6.32. The predicted octanol–water partition coefficient (Wildman–Crippen LogP) is 1.03. The van der Waals surface area contributed by atoms with Gasteiger partial charge in [-0.1, -0.05) is 13.0 Å². The van der Waals surface area contributed by atoms with Crippen molar-refractivity contribution in [3.8, 4) is 0 Å². The predicted molar refractivity (Wildman–Crippen MR) is 59.4 cm³/mol. The van der Waals surface area contributed by atoms with Gasteiger partial charge in [-0.3, -0.25) is 9.89 Å². The minimum Gasteiger partial charge on any atom is -0.382 e. The van der Waals surface area contributed by atoms with Gasteiger partial charge in [-0.2, -0.15) is 5.10 Å². The Labute approximate surface area is 89.0 Å². The van der Waals surface area contributed by atoms with E-state index in [9.17, 15) is 4.79 Å². The standard InChI is InChI=1S/C10H16N4O/c1-3-5-14(6-4-2)10(15)8-7-9(11)13-12-8/h3,7H,1,4-6H2,2H3,(H3,11,12,13). The first kappa shape index (κ1) is 11.3. The van der Waals surface area contributed by atoms with Gasteiger partial charge in [0.25, 0.3) is 5.91 Å². The van der Waals surface area contributed by atoms with E-state index in [0.717, 1.165) is 6.42 Å². The van der Waals surface area contributed by atoms with Crippen molar-refractivity contribution in [2.24, 2.45) is 0 Å². The molecule has 0 unspecified atom stereocenters. The van der Waals surface area contributed by atoms with E-state index in [0.29, 0.717) is 24.6 Å². The Morgan fingerprint density at radius 1 is 1.80 bits per heavy atom. The highest BCUT2D eigenvalue weighted by Crippen LogP contribution is 2.05. The molecule has 0 aliphatic carbocycles. The zero-order chi connectivity index (χ0) is 11.3. The molecule has 0 radical (unpaired) electrons. The smallest absolute Gasteiger partial charge is 0.272 e. The van der Waals surface area contributed by atoms with Gasteiger partial charge in [0.1, 0.15) is 11.5 Å². The number of hydrogen-bond donors (Lipinski definition) is 2. The zero-order valence-corrected chi connectivity index (χ0v) is 8.86. The highest BCUT2D eigenvalue weighted by atomic mass is 16.2. The fraction of sp³-hybridized carbons (Fsp3) is 0.400. The summed E-state index contributed by atoms with van der Waals surface area (Å²) >= 11 is 0. The molecule has 0 aliphatic rings. The molecule has 15 heavy (non-hydrogen) atoms. The summed E-state index contributed by atoms with van der Waals surface area (Å²) in [6, 6.07) is 1.54. The maximum atomic E-state index is 11.9. The molecule has 1 amide bonds. The van der Waals surface area contributed by atoms with Crippen LogP contribution in [0, 0.1) is 0 Å². The van der Waals surface area contributed by atoms with Crippen LogP contribution in [0.4, 0.5) is 5.82 Å². The largest absolute Gasteiger partial charge is 0.382 e. The van der Waals surface area contributed by atoms with Gasteiger partial charge in [-0.05, 0) is 6.42 Å². The molecule has 0 saturated carbocycles. The molecule has 1 rings (SSSR count). The number of carbonyl (C=O) groups excluding carboxylic acids is 1. The molecule has 0 aliphatic heterocycles. The van der Waals surface area contributed by atoms with E-state index in [-0.39, 0.29) is 5.91 Å². The van der Waals surface area contributed by atoms with Crippen molar-refractivity contribution in [3.63, 3.8) is 0 Å². The van der Waals surface area contributed by atoms with Gasteiger partial charge < -0.3 is 10.6 Å². The topological polar surface area (TPSA) is 75.0 Å². The Morgan fingerprint density at radius 3 is 3.00 bits per heavy atom.